The number of Topliss-reactive ketones (excluding diaryl/α,β-unsaturated/α-hetero) is 1. The first-order valence-corrected chi connectivity index (χ1v) is 21.6. The zero-order valence-electron chi connectivity index (χ0n) is 30.5. The largest absolute Gasteiger partial charge is 0.508 e. The second-order valence-electron chi connectivity index (χ2n) is 14.5. The molecule has 256 valence electrons. The molecular weight excluding hydrogens is 597 g/mol. The highest BCUT2D eigenvalue weighted by molar-refractivity contribution is 6.74. The lowest BCUT2D eigenvalue weighted by Gasteiger charge is -2.43. The predicted octanol–water partition coefficient (Wildman–Crippen LogP) is 8.85. The molecule has 9 nitrogen and oxygen atoms in total. The van der Waals surface area contributed by atoms with E-state index in [0.29, 0.717) is 0 Å². The first kappa shape index (κ1) is 42.0. The van der Waals surface area contributed by atoms with Crippen LogP contribution in [0.25, 0.3) is 0 Å². The van der Waals surface area contributed by atoms with E-state index in [1.165, 1.54) is 0 Å². The molecule has 0 amide bonds. The molecule has 0 aromatic carbocycles. The summed E-state index contributed by atoms with van der Waals surface area (Å²) in [7, 11) is -4.63. The van der Waals surface area contributed by atoms with Crippen LogP contribution in [0.1, 0.15) is 83.1 Å². The Morgan fingerprint density at radius 1 is 0.614 bits per heavy atom. The average Bonchev–Trinajstić information content (AvgIpc) is 2.88. The predicted molar refractivity (Wildman–Crippen MR) is 181 cm³/mol. The van der Waals surface area contributed by atoms with Crippen molar-refractivity contribution in [1.82, 2.24) is 0 Å². The van der Waals surface area contributed by atoms with Crippen LogP contribution < -0.4 is 0 Å². The van der Waals surface area contributed by atoms with Crippen molar-refractivity contribution in [1.29, 1.82) is 0 Å². The first-order chi connectivity index (χ1) is 19.9. The van der Waals surface area contributed by atoms with Crippen LogP contribution in [0.4, 0.5) is 9.59 Å². The molecule has 0 bridgehead atoms. The van der Waals surface area contributed by atoms with Gasteiger partial charge in [0.15, 0.2) is 16.6 Å². The quantitative estimate of drug-likeness (QED) is 0.0913. The monoisotopic (exact) mass is 658 g/mol. The second kappa shape index (κ2) is 17.7. The van der Waals surface area contributed by atoms with E-state index in [1.807, 2.05) is 27.7 Å². The molecule has 0 aliphatic heterocycles. The Morgan fingerprint density at radius 2 is 0.909 bits per heavy atom. The highest BCUT2D eigenvalue weighted by Gasteiger charge is 2.45. The van der Waals surface area contributed by atoms with Gasteiger partial charge in [0, 0.05) is 11.8 Å². The molecule has 0 unspecified atom stereocenters. The smallest absolute Gasteiger partial charge is 0.435 e. The Kier molecular flexibility index (Phi) is 16.9. The van der Waals surface area contributed by atoms with Crippen molar-refractivity contribution in [2.24, 2.45) is 11.8 Å². The Morgan fingerprint density at radius 3 is 1.16 bits per heavy atom. The molecule has 0 fully saturated rings. The van der Waals surface area contributed by atoms with Crippen LogP contribution in [-0.2, 0) is 32.6 Å². The Balaban J connectivity index is 6.52. The van der Waals surface area contributed by atoms with Crippen LogP contribution in [0.2, 0.25) is 36.3 Å². The summed E-state index contributed by atoms with van der Waals surface area (Å²) in [6.07, 6.45) is 1.03. The number of ether oxygens (including phenoxy) is 4. The molecule has 0 spiro atoms. The maximum absolute atomic E-state index is 14.3. The summed E-state index contributed by atoms with van der Waals surface area (Å²) in [5, 5.41) is -0.179. The van der Waals surface area contributed by atoms with Gasteiger partial charge in [0.1, 0.15) is 19.0 Å². The average molecular weight is 659 g/mol. The molecule has 0 heterocycles. The van der Waals surface area contributed by atoms with Gasteiger partial charge in [0.2, 0.25) is 0 Å². The third kappa shape index (κ3) is 13.2. The van der Waals surface area contributed by atoms with E-state index in [9.17, 15) is 14.4 Å². The highest BCUT2D eigenvalue weighted by atomic mass is 28.4. The van der Waals surface area contributed by atoms with Gasteiger partial charge >= 0.3 is 12.3 Å². The summed E-state index contributed by atoms with van der Waals surface area (Å²) in [4.78, 5) is 37.8. The lowest BCUT2D eigenvalue weighted by Crippen LogP contribution is -2.50. The molecule has 11 heteroatoms. The van der Waals surface area contributed by atoms with Crippen LogP contribution in [0.3, 0.4) is 0 Å². The lowest BCUT2D eigenvalue weighted by molar-refractivity contribution is -0.130. The van der Waals surface area contributed by atoms with Crippen molar-refractivity contribution in [2.75, 3.05) is 26.4 Å². The summed E-state index contributed by atoms with van der Waals surface area (Å²) >= 11 is 0. The van der Waals surface area contributed by atoms with Crippen LogP contribution in [0.5, 0.6) is 0 Å². The molecule has 0 N–H and O–H groups in total. The van der Waals surface area contributed by atoms with E-state index in [0.717, 1.165) is 11.1 Å². The number of carbonyl (C=O) groups excluding carboxylic acids is 3. The number of hydrogen-bond acceptors (Lipinski definition) is 9. The standard InChI is InChI=1S/C33H62O9Si2/c1-17-37-30(35)39-21-19-23(3)28(41-43(13,14)32(7,8)9)25(5)27(34)26(6)29(42-44(15,16)33(10,11)12)24(4)20-22-40-31(36)38-18-2/h19-20,25-26,28-29H,17-18,21-22H2,1-16H3/b23-19+,24-20+/t25-,26+,28-,29-/m0/s1. The lowest BCUT2D eigenvalue weighted by atomic mass is 9.84. The fraction of sp³-hybridized carbons (Fsp3) is 0.788. The van der Waals surface area contributed by atoms with E-state index in [1.54, 1.807) is 26.0 Å². The maximum Gasteiger partial charge on any atom is 0.508 e. The maximum atomic E-state index is 14.3. The first-order valence-electron chi connectivity index (χ1n) is 15.7. The fourth-order valence-corrected chi connectivity index (χ4v) is 6.67. The SMILES string of the molecule is CCOC(=O)OC/C=C(\C)[C@H](O[Si](C)(C)C(C)(C)C)[C@H](C)C(=O)[C@H](C)[C@@H](O[Si](C)(C)C(C)(C)C)/C(C)=C/COC(=O)OCC. The zero-order chi connectivity index (χ0) is 34.7. The van der Waals surface area contributed by atoms with Gasteiger partial charge in [0.05, 0.1) is 25.4 Å². The van der Waals surface area contributed by atoms with Gasteiger partial charge in [-0.05, 0) is 87.3 Å². The third-order valence-corrected chi connectivity index (χ3v) is 17.8. The summed E-state index contributed by atoms with van der Waals surface area (Å²) in [6, 6.07) is 0. The van der Waals surface area contributed by atoms with Crippen molar-refractivity contribution in [3.63, 3.8) is 0 Å². The molecule has 0 aliphatic rings. The molecule has 0 rings (SSSR count). The number of rotatable bonds is 16. The second-order valence-corrected chi connectivity index (χ2v) is 24.0. The molecule has 0 aromatic rings. The van der Waals surface area contributed by atoms with Gasteiger partial charge in [-0.2, -0.15) is 0 Å². The van der Waals surface area contributed by atoms with E-state index >= 15 is 0 Å². The molecule has 4 atom stereocenters. The Bertz CT molecular complexity index is 926. The van der Waals surface area contributed by atoms with E-state index < -0.39 is 53.0 Å². The van der Waals surface area contributed by atoms with E-state index in [4.69, 9.17) is 27.8 Å². The van der Waals surface area contributed by atoms with Crippen molar-refractivity contribution in [3.05, 3.63) is 23.3 Å². The van der Waals surface area contributed by atoms with Crippen molar-refractivity contribution >= 4 is 34.7 Å². The van der Waals surface area contributed by atoms with Crippen LogP contribution in [0.15, 0.2) is 23.3 Å². The van der Waals surface area contributed by atoms with E-state index in [-0.39, 0.29) is 42.3 Å². The highest BCUT2D eigenvalue weighted by Crippen LogP contribution is 2.41. The third-order valence-electron chi connectivity index (χ3n) is 8.90. The molecule has 0 aromatic heterocycles. The van der Waals surface area contributed by atoms with Gasteiger partial charge < -0.3 is 27.8 Å². The van der Waals surface area contributed by atoms with Gasteiger partial charge in [-0.25, -0.2) is 9.59 Å². The number of hydrogen-bond donors (Lipinski definition) is 0. The van der Waals surface area contributed by atoms with Crippen molar-refractivity contribution < 1.29 is 42.2 Å². The summed E-state index contributed by atoms with van der Waals surface area (Å²) in [5.41, 5.74) is 1.62. The van der Waals surface area contributed by atoms with Gasteiger partial charge in [-0.1, -0.05) is 55.4 Å². The number of ketones is 1. The molecule has 0 radical (unpaired) electrons. The minimum atomic E-state index is -2.32. The number of carbonyl (C=O) groups is 3. The minimum absolute atomic E-state index is 0.00413. The summed E-state index contributed by atoms with van der Waals surface area (Å²) < 4.78 is 33.8. The minimum Gasteiger partial charge on any atom is -0.435 e. The molecule has 0 aliphatic carbocycles. The normalized spacial score (nSPS) is 16.5. The van der Waals surface area contributed by atoms with E-state index in [2.05, 4.69) is 67.7 Å². The van der Waals surface area contributed by atoms with Crippen LogP contribution >= 0.6 is 0 Å². The molecule has 0 saturated heterocycles. The van der Waals surface area contributed by atoms with Gasteiger partial charge in [-0.15, -0.1) is 0 Å². The zero-order valence-corrected chi connectivity index (χ0v) is 32.5. The van der Waals surface area contributed by atoms with Gasteiger partial charge in [0.25, 0.3) is 0 Å². The molecule has 0 saturated carbocycles. The summed E-state index contributed by atoms with van der Waals surface area (Å²) in [6.45, 7) is 33.1. The van der Waals surface area contributed by atoms with Crippen molar-refractivity contribution in [2.45, 2.75) is 132 Å². The topological polar surface area (TPSA) is 107 Å². The molecular formula is C33H62O9Si2. The fourth-order valence-electron chi connectivity index (χ4n) is 3.91. The van der Waals surface area contributed by atoms with Crippen molar-refractivity contribution in [3.8, 4) is 0 Å². The van der Waals surface area contributed by atoms with Gasteiger partial charge in [-0.3, -0.25) is 4.79 Å². The Hall–Kier alpha value is -1.96. The van der Waals surface area contributed by atoms with Crippen LogP contribution in [-0.4, -0.2) is 73.4 Å². The summed E-state index contributed by atoms with van der Waals surface area (Å²) in [5.74, 6) is -1.05. The molecule has 44 heavy (non-hydrogen) atoms. The van der Waals surface area contributed by atoms with Crippen LogP contribution in [0, 0.1) is 11.8 Å². The Labute approximate surface area is 269 Å².